The Morgan fingerprint density at radius 3 is 2.80 bits per heavy atom. The van der Waals surface area contributed by atoms with E-state index in [1.54, 1.807) is 6.92 Å². The van der Waals surface area contributed by atoms with Crippen LogP contribution in [0.5, 0.6) is 0 Å². The maximum Gasteiger partial charge on any atom is 0.326 e. The largest absolute Gasteiger partial charge is 0.480 e. The number of carbonyl (C=O) groups is 2. The minimum absolute atomic E-state index is 0.0712. The van der Waals surface area contributed by atoms with Crippen LogP contribution in [0.4, 0.5) is 0 Å². The molecule has 0 radical (unpaired) electrons. The molecule has 2 aliphatic rings. The van der Waals surface area contributed by atoms with E-state index in [4.69, 9.17) is 9.47 Å². The van der Waals surface area contributed by atoms with Crippen molar-refractivity contribution in [1.29, 1.82) is 0 Å². The number of piperidine rings is 1. The first kappa shape index (κ1) is 15.3. The van der Waals surface area contributed by atoms with Crippen molar-refractivity contribution in [3.05, 3.63) is 0 Å². The Hall–Kier alpha value is -1.14. The number of carboxylic acids is 1. The third kappa shape index (κ3) is 3.70. The van der Waals surface area contributed by atoms with Crippen molar-refractivity contribution >= 4 is 11.9 Å². The average Bonchev–Trinajstić information content (AvgIpc) is 2.97. The fraction of sp³-hybridized carbons (Fsp3) is 0.857. The average molecular weight is 285 g/mol. The zero-order valence-electron chi connectivity index (χ0n) is 11.9. The minimum Gasteiger partial charge on any atom is -0.480 e. The molecule has 0 aromatic carbocycles. The third-order valence-electron chi connectivity index (χ3n) is 3.97. The minimum atomic E-state index is -0.927. The smallest absolute Gasteiger partial charge is 0.326 e. The number of likely N-dealkylation sites (tertiary alicyclic amines) is 1. The van der Waals surface area contributed by atoms with Gasteiger partial charge in [-0.15, -0.1) is 0 Å². The molecular weight excluding hydrogens is 262 g/mol. The number of amides is 1. The molecular formula is C14H23NO5. The molecule has 6 heteroatoms. The number of hydrogen-bond donors (Lipinski definition) is 1. The summed E-state index contributed by atoms with van der Waals surface area (Å²) < 4.78 is 11.0. The number of ether oxygens (including phenoxy) is 2. The second-order valence-electron chi connectivity index (χ2n) is 5.49. The van der Waals surface area contributed by atoms with Gasteiger partial charge in [0.25, 0.3) is 5.91 Å². The molecule has 1 amide bonds. The van der Waals surface area contributed by atoms with Crippen molar-refractivity contribution in [2.24, 2.45) is 0 Å². The summed E-state index contributed by atoms with van der Waals surface area (Å²) in [5.74, 6) is -1.15. The molecule has 0 aromatic rings. The number of carbonyl (C=O) groups excluding carboxylic acids is 1. The van der Waals surface area contributed by atoms with Crippen LogP contribution in [0.1, 0.15) is 39.0 Å². The highest BCUT2D eigenvalue weighted by Gasteiger charge is 2.34. The predicted octanol–water partition coefficient (Wildman–Crippen LogP) is 1.04. The quantitative estimate of drug-likeness (QED) is 0.816. The molecule has 6 nitrogen and oxygen atoms in total. The first-order valence-corrected chi connectivity index (χ1v) is 7.36. The van der Waals surface area contributed by atoms with E-state index < -0.39 is 18.1 Å². The van der Waals surface area contributed by atoms with Crippen LogP contribution in [0.25, 0.3) is 0 Å². The second-order valence-corrected chi connectivity index (χ2v) is 5.49. The van der Waals surface area contributed by atoms with Crippen LogP contribution < -0.4 is 0 Å². The Kier molecular flexibility index (Phi) is 5.37. The Morgan fingerprint density at radius 2 is 2.15 bits per heavy atom. The van der Waals surface area contributed by atoms with E-state index in [1.165, 1.54) is 4.90 Å². The van der Waals surface area contributed by atoms with Gasteiger partial charge in [0.05, 0.1) is 12.7 Å². The Bertz CT molecular complexity index is 353. The molecule has 1 N–H and O–H groups in total. The summed E-state index contributed by atoms with van der Waals surface area (Å²) >= 11 is 0. The summed E-state index contributed by atoms with van der Waals surface area (Å²) in [5.41, 5.74) is 0. The summed E-state index contributed by atoms with van der Waals surface area (Å²) in [5, 5.41) is 9.19. The van der Waals surface area contributed by atoms with Gasteiger partial charge in [-0.25, -0.2) is 4.79 Å². The highest BCUT2D eigenvalue weighted by molar-refractivity contribution is 5.86. The SMILES string of the molecule is C[C@H](OC[C@H]1CCCO1)C(=O)N1CCCC[C@H]1C(=O)O. The van der Waals surface area contributed by atoms with Crippen LogP contribution in [0.15, 0.2) is 0 Å². The molecule has 0 spiro atoms. The van der Waals surface area contributed by atoms with E-state index >= 15 is 0 Å². The summed E-state index contributed by atoms with van der Waals surface area (Å²) in [6.45, 7) is 3.34. The van der Waals surface area contributed by atoms with Gasteiger partial charge in [-0.2, -0.15) is 0 Å². The van der Waals surface area contributed by atoms with Crippen molar-refractivity contribution in [3.63, 3.8) is 0 Å². The van der Waals surface area contributed by atoms with Crippen LogP contribution >= 0.6 is 0 Å². The Morgan fingerprint density at radius 1 is 1.35 bits per heavy atom. The van der Waals surface area contributed by atoms with Crippen LogP contribution in [0.3, 0.4) is 0 Å². The molecule has 0 unspecified atom stereocenters. The molecule has 2 heterocycles. The molecule has 0 saturated carbocycles. The van der Waals surface area contributed by atoms with Gasteiger partial charge in [0.2, 0.25) is 0 Å². The molecule has 0 aromatic heterocycles. The van der Waals surface area contributed by atoms with Gasteiger partial charge in [0, 0.05) is 13.2 Å². The summed E-state index contributed by atoms with van der Waals surface area (Å²) in [4.78, 5) is 25.0. The molecule has 2 saturated heterocycles. The molecule has 20 heavy (non-hydrogen) atoms. The lowest BCUT2D eigenvalue weighted by Gasteiger charge is -2.34. The van der Waals surface area contributed by atoms with Gasteiger partial charge in [0.1, 0.15) is 12.1 Å². The fourth-order valence-corrected chi connectivity index (χ4v) is 2.78. The van der Waals surface area contributed by atoms with Crippen molar-refractivity contribution in [2.45, 2.75) is 57.3 Å². The van der Waals surface area contributed by atoms with Gasteiger partial charge in [-0.1, -0.05) is 0 Å². The lowest BCUT2D eigenvalue weighted by atomic mass is 10.0. The van der Waals surface area contributed by atoms with Crippen molar-refractivity contribution in [3.8, 4) is 0 Å². The van der Waals surface area contributed by atoms with E-state index in [0.717, 1.165) is 32.3 Å². The predicted molar refractivity (Wildman–Crippen MR) is 71.4 cm³/mol. The zero-order chi connectivity index (χ0) is 14.5. The molecule has 2 rings (SSSR count). The molecule has 2 aliphatic heterocycles. The van der Waals surface area contributed by atoms with E-state index in [9.17, 15) is 14.7 Å². The fourth-order valence-electron chi connectivity index (χ4n) is 2.78. The monoisotopic (exact) mass is 285 g/mol. The summed E-state index contributed by atoms with van der Waals surface area (Å²) in [6.07, 6.45) is 3.69. The van der Waals surface area contributed by atoms with Crippen molar-refractivity contribution in [2.75, 3.05) is 19.8 Å². The first-order chi connectivity index (χ1) is 9.59. The van der Waals surface area contributed by atoms with Crippen LogP contribution in [0, 0.1) is 0 Å². The maximum atomic E-state index is 12.3. The number of nitrogens with zero attached hydrogens (tertiary/aromatic N) is 1. The Balaban J connectivity index is 1.85. The number of rotatable bonds is 5. The zero-order valence-corrected chi connectivity index (χ0v) is 11.9. The number of hydrogen-bond acceptors (Lipinski definition) is 4. The lowest BCUT2D eigenvalue weighted by molar-refractivity contribution is -0.158. The van der Waals surface area contributed by atoms with Crippen LogP contribution in [0.2, 0.25) is 0 Å². The van der Waals surface area contributed by atoms with E-state index in [-0.39, 0.29) is 12.0 Å². The van der Waals surface area contributed by atoms with Gasteiger partial charge in [-0.3, -0.25) is 4.79 Å². The maximum absolute atomic E-state index is 12.3. The van der Waals surface area contributed by atoms with Crippen LogP contribution in [-0.4, -0.2) is 59.9 Å². The van der Waals surface area contributed by atoms with E-state index in [2.05, 4.69) is 0 Å². The normalized spacial score (nSPS) is 28.4. The number of aliphatic carboxylic acids is 1. The van der Waals surface area contributed by atoms with Gasteiger partial charge >= 0.3 is 5.97 Å². The summed E-state index contributed by atoms with van der Waals surface area (Å²) in [7, 11) is 0. The molecule has 0 bridgehead atoms. The second kappa shape index (κ2) is 7.04. The van der Waals surface area contributed by atoms with Crippen LogP contribution in [-0.2, 0) is 19.1 Å². The summed E-state index contributed by atoms with van der Waals surface area (Å²) in [6, 6.07) is -0.704. The van der Waals surface area contributed by atoms with Gasteiger partial charge < -0.3 is 19.5 Å². The number of carboxylic acid groups (broad SMARTS) is 1. The van der Waals surface area contributed by atoms with Crippen molar-refractivity contribution in [1.82, 2.24) is 4.90 Å². The highest BCUT2D eigenvalue weighted by atomic mass is 16.5. The van der Waals surface area contributed by atoms with E-state index in [0.29, 0.717) is 19.6 Å². The molecule has 3 atom stereocenters. The molecule has 114 valence electrons. The standard InChI is InChI=1S/C14H23NO5/c1-10(20-9-11-5-4-8-19-11)13(16)15-7-3-2-6-12(15)14(17)18/h10-12H,2-9H2,1H3,(H,17,18)/t10-,11+,12-/m0/s1. The Labute approximate surface area is 119 Å². The topological polar surface area (TPSA) is 76.1 Å². The molecule has 0 aliphatic carbocycles. The van der Waals surface area contributed by atoms with E-state index in [1.807, 2.05) is 0 Å². The molecule has 2 fully saturated rings. The highest BCUT2D eigenvalue weighted by Crippen LogP contribution is 2.19. The third-order valence-corrected chi connectivity index (χ3v) is 3.97. The van der Waals surface area contributed by atoms with Gasteiger partial charge in [0.15, 0.2) is 0 Å². The van der Waals surface area contributed by atoms with Crippen molar-refractivity contribution < 1.29 is 24.2 Å². The van der Waals surface area contributed by atoms with Gasteiger partial charge in [-0.05, 0) is 39.0 Å². The first-order valence-electron chi connectivity index (χ1n) is 7.36. The lowest BCUT2D eigenvalue weighted by Crippen LogP contribution is -2.51.